The van der Waals surface area contributed by atoms with Gasteiger partial charge in [0.2, 0.25) is 5.91 Å². The Morgan fingerprint density at radius 3 is 2.30 bits per heavy atom. The average molecular weight is 383 g/mol. The zero-order chi connectivity index (χ0) is 20.1. The van der Waals surface area contributed by atoms with Gasteiger partial charge < -0.3 is 31.7 Å². The van der Waals surface area contributed by atoms with E-state index < -0.39 is 29.9 Å². The van der Waals surface area contributed by atoms with Gasteiger partial charge in [-0.15, -0.1) is 0 Å². The molecule has 1 unspecified atom stereocenters. The maximum atomic E-state index is 12.6. The zero-order valence-electron chi connectivity index (χ0n) is 15.1. The molecule has 12 heteroatoms. The van der Waals surface area contributed by atoms with E-state index >= 15 is 0 Å². The summed E-state index contributed by atoms with van der Waals surface area (Å²) in [5.41, 5.74) is 10.4. The van der Waals surface area contributed by atoms with Gasteiger partial charge in [-0.2, -0.15) is 0 Å². The standard InChI is InChI=1S/C15H25N7O5/c1-18-14(26)20-5-7-21(8-6-20)15(27)22-10(12(24)25)9(11(22)23)3-2-4-19-13(16)17/h9-10H,2-8H2,1H3,(H,18,26)(H,24,25)(H4,16,17,19)/t9-,10?/m1/s1. The third kappa shape index (κ3) is 4.38. The van der Waals surface area contributed by atoms with Crippen LogP contribution in [0.25, 0.3) is 0 Å². The number of rotatable bonds is 5. The minimum Gasteiger partial charge on any atom is -0.480 e. The molecule has 0 radical (unpaired) electrons. The first kappa shape index (κ1) is 20.3. The van der Waals surface area contributed by atoms with Crippen molar-refractivity contribution in [3.63, 3.8) is 0 Å². The number of nitrogens with one attached hydrogen (secondary N) is 1. The average Bonchev–Trinajstić information content (AvgIpc) is 2.64. The van der Waals surface area contributed by atoms with Crippen molar-refractivity contribution in [1.29, 1.82) is 0 Å². The Morgan fingerprint density at radius 2 is 1.78 bits per heavy atom. The molecule has 0 bridgehead atoms. The predicted molar refractivity (Wildman–Crippen MR) is 94.7 cm³/mol. The second kappa shape index (κ2) is 8.56. The molecule has 150 valence electrons. The van der Waals surface area contributed by atoms with Crippen LogP contribution in [0.15, 0.2) is 4.99 Å². The molecule has 2 fully saturated rings. The van der Waals surface area contributed by atoms with Gasteiger partial charge in [-0.25, -0.2) is 19.3 Å². The summed E-state index contributed by atoms with van der Waals surface area (Å²) >= 11 is 0. The number of guanidine groups is 1. The van der Waals surface area contributed by atoms with Crippen molar-refractivity contribution >= 4 is 29.9 Å². The van der Waals surface area contributed by atoms with Gasteiger partial charge >= 0.3 is 18.0 Å². The molecule has 2 aliphatic heterocycles. The van der Waals surface area contributed by atoms with Crippen LogP contribution in [0.1, 0.15) is 12.8 Å². The van der Waals surface area contributed by atoms with Crippen LogP contribution in [-0.2, 0) is 9.59 Å². The van der Waals surface area contributed by atoms with Gasteiger partial charge in [0.15, 0.2) is 12.0 Å². The molecule has 27 heavy (non-hydrogen) atoms. The molecular weight excluding hydrogens is 358 g/mol. The van der Waals surface area contributed by atoms with Crippen LogP contribution in [0, 0.1) is 5.92 Å². The van der Waals surface area contributed by atoms with Crippen molar-refractivity contribution in [1.82, 2.24) is 20.0 Å². The number of carbonyl (C=O) groups is 4. The number of likely N-dealkylation sites (tertiary alicyclic amines) is 1. The fourth-order valence-corrected chi connectivity index (χ4v) is 3.26. The van der Waals surface area contributed by atoms with Gasteiger partial charge in [0, 0.05) is 39.8 Å². The number of β-lactam (4-membered cyclic amide) rings is 1. The normalized spacial score (nSPS) is 22.1. The summed E-state index contributed by atoms with van der Waals surface area (Å²) in [6.07, 6.45) is 0.714. The van der Waals surface area contributed by atoms with Gasteiger partial charge in [0.05, 0.1) is 5.92 Å². The maximum absolute atomic E-state index is 12.6. The number of piperazine rings is 1. The molecule has 0 aromatic carbocycles. The number of carboxylic acid groups (broad SMARTS) is 1. The summed E-state index contributed by atoms with van der Waals surface area (Å²) in [5.74, 6) is -2.57. The van der Waals surface area contributed by atoms with Gasteiger partial charge in [-0.3, -0.25) is 9.79 Å². The topological polar surface area (TPSA) is 175 Å². The largest absolute Gasteiger partial charge is 0.480 e. The van der Waals surface area contributed by atoms with E-state index in [1.54, 1.807) is 4.90 Å². The van der Waals surface area contributed by atoms with Crippen LogP contribution in [0.4, 0.5) is 9.59 Å². The van der Waals surface area contributed by atoms with E-state index in [1.165, 1.54) is 11.9 Å². The van der Waals surface area contributed by atoms with Crippen LogP contribution in [-0.4, -0.2) is 95.5 Å². The predicted octanol–water partition coefficient (Wildman–Crippen LogP) is -1.97. The number of hydrogen-bond acceptors (Lipinski definition) is 5. The molecule has 0 spiro atoms. The Hall–Kier alpha value is -3.05. The third-order valence-electron chi connectivity index (χ3n) is 4.69. The molecule has 12 nitrogen and oxygen atoms in total. The molecule has 2 atom stereocenters. The van der Waals surface area contributed by atoms with E-state index in [9.17, 15) is 24.3 Å². The maximum Gasteiger partial charge on any atom is 0.327 e. The fourth-order valence-electron chi connectivity index (χ4n) is 3.26. The Kier molecular flexibility index (Phi) is 6.42. The molecule has 6 N–H and O–H groups in total. The molecular formula is C15H25N7O5. The first-order chi connectivity index (χ1) is 12.8. The lowest BCUT2D eigenvalue weighted by atomic mass is 9.84. The Bertz CT molecular complexity index is 640. The summed E-state index contributed by atoms with van der Waals surface area (Å²) in [6, 6.07) is -2.07. The van der Waals surface area contributed by atoms with E-state index in [4.69, 9.17) is 11.5 Å². The number of imide groups is 1. The van der Waals surface area contributed by atoms with E-state index in [1.807, 2.05) is 0 Å². The third-order valence-corrected chi connectivity index (χ3v) is 4.69. The first-order valence-electron chi connectivity index (χ1n) is 8.64. The minimum atomic E-state index is -1.22. The number of urea groups is 2. The fraction of sp³-hybridized carbons (Fsp3) is 0.667. The Balaban J connectivity index is 1.94. The summed E-state index contributed by atoms with van der Waals surface area (Å²) in [6.45, 7) is 1.38. The van der Waals surface area contributed by atoms with Gasteiger partial charge in [0.25, 0.3) is 0 Å². The second-order valence-corrected chi connectivity index (χ2v) is 6.36. The number of amides is 5. The van der Waals surface area contributed by atoms with Crippen LogP contribution in [0.2, 0.25) is 0 Å². The van der Waals surface area contributed by atoms with E-state index in [0.29, 0.717) is 19.5 Å². The van der Waals surface area contributed by atoms with Crippen molar-refractivity contribution in [3.8, 4) is 0 Å². The Morgan fingerprint density at radius 1 is 1.19 bits per heavy atom. The number of carboxylic acids is 1. The van der Waals surface area contributed by atoms with E-state index in [0.717, 1.165) is 4.90 Å². The van der Waals surface area contributed by atoms with Crippen LogP contribution < -0.4 is 16.8 Å². The van der Waals surface area contributed by atoms with Crippen LogP contribution in [0.3, 0.4) is 0 Å². The monoisotopic (exact) mass is 383 g/mol. The highest BCUT2D eigenvalue weighted by atomic mass is 16.4. The lowest BCUT2D eigenvalue weighted by Crippen LogP contribution is -2.69. The summed E-state index contributed by atoms with van der Waals surface area (Å²) in [4.78, 5) is 55.7. The minimum absolute atomic E-state index is 0.0718. The van der Waals surface area contributed by atoms with E-state index in [-0.39, 0.29) is 38.0 Å². The quantitative estimate of drug-likeness (QED) is 0.184. The molecule has 0 saturated carbocycles. The smallest absolute Gasteiger partial charge is 0.327 e. The molecule has 2 saturated heterocycles. The SMILES string of the molecule is CNC(=O)N1CCN(C(=O)N2C(=O)[C@H](CCCN=C(N)N)C2C(=O)O)CC1. The zero-order valence-corrected chi connectivity index (χ0v) is 15.1. The Labute approximate surface area is 156 Å². The van der Waals surface area contributed by atoms with Crippen molar-refractivity contribution in [2.45, 2.75) is 18.9 Å². The highest BCUT2D eigenvalue weighted by Gasteiger charge is 2.55. The van der Waals surface area contributed by atoms with Crippen LogP contribution >= 0.6 is 0 Å². The molecule has 0 aromatic rings. The molecule has 2 heterocycles. The highest BCUT2D eigenvalue weighted by Crippen LogP contribution is 2.32. The molecule has 5 amide bonds. The first-order valence-corrected chi connectivity index (χ1v) is 8.64. The molecule has 2 aliphatic rings. The number of nitrogens with two attached hydrogens (primary N) is 2. The number of aliphatic imine (C=N–C) groups is 1. The van der Waals surface area contributed by atoms with Crippen molar-refractivity contribution in [3.05, 3.63) is 0 Å². The second-order valence-electron chi connectivity index (χ2n) is 6.36. The number of hydrogen-bond donors (Lipinski definition) is 4. The van der Waals surface area contributed by atoms with Crippen molar-refractivity contribution in [2.24, 2.45) is 22.4 Å². The number of aliphatic carboxylic acids is 1. The van der Waals surface area contributed by atoms with Gasteiger partial charge in [-0.05, 0) is 12.8 Å². The summed E-state index contributed by atoms with van der Waals surface area (Å²) in [7, 11) is 1.52. The van der Waals surface area contributed by atoms with E-state index in [2.05, 4.69) is 10.3 Å². The number of nitrogens with zero attached hydrogens (tertiary/aromatic N) is 4. The van der Waals surface area contributed by atoms with Gasteiger partial charge in [-0.1, -0.05) is 0 Å². The highest BCUT2D eigenvalue weighted by molar-refractivity contribution is 6.07. The van der Waals surface area contributed by atoms with Crippen molar-refractivity contribution < 1.29 is 24.3 Å². The lowest BCUT2D eigenvalue weighted by molar-refractivity contribution is -0.167. The van der Waals surface area contributed by atoms with Gasteiger partial charge in [0.1, 0.15) is 0 Å². The molecule has 0 aromatic heterocycles. The molecule has 2 rings (SSSR count). The molecule has 0 aliphatic carbocycles. The number of carbonyl (C=O) groups excluding carboxylic acids is 3. The summed E-state index contributed by atoms with van der Waals surface area (Å²) < 4.78 is 0. The van der Waals surface area contributed by atoms with Crippen molar-refractivity contribution in [2.75, 3.05) is 39.8 Å². The van der Waals surface area contributed by atoms with Crippen LogP contribution in [0.5, 0.6) is 0 Å². The lowest BCUT2D eigenvalue weighted by Gasteiger charge is -2.46. The summed E-state index contributed by atoms with van der Waals surface area (Å²) in [5, 5.41) is 11.9.